The molecular formula is C84H190ClIN32O5P10. The Balaban J connectivity index is -0.00000224. The first-order valence-corrected chi connectivity index (χ1v) is 60.6. The molecule has 780 valence electrons. The van der Waals surface area contributed by atoms with E-state index in [1.165, 1.54) is 5.56 Å². The van der Waals surface area contributed by atoms with Crippen molar-refractivity contribution in [3.05, 3.63) is 143 Å². The Kier molecular flexibility index (Phi) is 64.7. The van der Waals surface area contributed by atoms with Crippen LogP contribution in [0.4, 0.5) is 0 Å². The Morgan fingerprint density at radius 2 is 0.383 bits per heavy atom. The van der Waals surface area contributed by atoms with E-state index in [1.54, 1.807) is 0 Å². The lowest BCUT2D eigenvalue weighted by Gasteiger charge is -2.45. The van der Waals surface area contributed by atoms with E-state index in [9.17, 15) is 5.11 Å². The monoisotopic (exact) mass is 2200 g/mol. The van der Waals surface area contributed by atoms with Crippen LogP contribution in [0.5, 0.6) is 0 Å². The minimum Gasteiger partial charge on any atom is -1.00 e. The molecule has 2 N–H and O–H groups in total. The van der Waals surface area contributed by atoms with Gasteiger partial charge in [-0.25, -0.2) is 112 Å². The zero-order valence-corrected chi connectivity index (χ0v) is 104. The van der Waals surface area contributed by atoms with Crippen LogP contribution in [0.1, 0.15) is 61.1 Å². The van der Waals surface area contributed by atoms with Crippen LogP contribution in [-0.4, -0.2) is 473 Å². The summed E-state index contributed by atoms with van der Waals surface area (Å²) >= 11 is 5.53. The molecule has 0 unspecified atom stereocenters. The van der Waals surface area contributed by atoms with Crippen molar-refractivity contribution >= 4 is 87.4 Å². The molecule has 0 aliphatic rings. The van der Waals surface area contributed by atoms with Gasteiger partial charge in [-0.3, -0.25) is 0 Å². The average Bonchev–Trinajstić information content (AvgIpc) is 0.724. The Morgan fingerprint density at radius 3 is 0.541 bits per heavy atom. The smallest absolute Gasteiger partial charge is 0.502 e. The summed E-state index contributed by atoms with van der Waals surface area (Å²) in [4.78, 5) is 0. The molecule has 0 spiro atoms. The fourth-order valence-corrected chi connectivity index (χ4v) is 64.6. The van der Waals surface area contributed by atoms with Crippen LogP contribution in [-0.2, 0) is 53.0 Å². The maximum absolute atomic E-state index is 9.19. The molecule has 0 saturated carbocycles. The minimum absolute atomic E-state index is 0. The molecular weight excluding hydrogens is 2010 g/mol. The number of aliphatic hydroxyl groups excluding tert-OH is 1. The van der Waals surface area contributed by atoms with Crippen molar-refractivity contribution in [2.24, 2.45) is 36.1 Å². The summed E-state index contributed by atoms with van der Waals surface area (Å²) in [6, 6.07) is 37.4. The summed E-state index contributed by atoms with van der Waals surface area (Å²) in [5.41, 5.74) is 6.81. The first-order valence-electron chi connectivity index (χ1n) is 44.1. The van der Waals surface area contributed by atoms with Gasteiger partial charge in [-0.15, -0.1) is 11.6 Å². The van der Waals surface area contributed by atoms with Gasteiger partial charge in [0.15, 0.2) is 0 Å². The number of benzene rings is 4. The highest BCUT2D eigenvalue weighted by Gasteiger charge is 2.60. The van der Waals surface area contributed by atoms with E-state index >= 15 is 0 Å². The number of ether oxygens (including phenoxy) is 3. The topological polar surface area (TPSA) is 255 Å². The predicted octanol–water partition coefficient (Wildman–Crippen LogP) is 16.1. The van der Waals surface area contributed by atoms with Crippen LogP contribution in [0.2, 0.25) is 0 Å². The highest BCUT2D eigenvalue weighted by Crippen LogP contribution is 2.89. The third-order valence-electron chi connectivity index (χ3n) is 20.8. The molecule has 0 aromatic heterocycles. The standard InChI is InChI=1S/C40H88N16O2P5.C33H82N16O2P5.C7H7Cl.2C2H6.HI.H2O/c1-45(2)60(46(3)4,47(5)6)41-59(42-61(48(7)8,49(9)10)50(11)12,43-62(51(13)14,52(15)16)53(17)18)44-63(54(19)20,55(21)22)56(23)35-38-29-31-40(32-30-38)37-58-34-33-57-36-39-27-25-24-26-28-39;1-38(2)53(39(3)4,40(5)6)34-52(35-54(41(7)8,42(9)10)43(11)12,36-55(44(13)14,45(15)16)46(17)18)37-56(47(19)20,48(21)22)49(23)30-32-24-26-33(27-25-32)31-51-29-28-50;8-6-7-4-2-1-3-5-7;2*1-2;;/h24-32H,33-37H2,1-23H3;24-27,50H,28-31H2,1-23H3;1-5H,6H2;2*1-2H3;1H;1H2/q2*+1;;;;;/p-2. The van der Waals surface area contributed by atoms with Crippen molar-refractivity contribution in [1.29, 1.82) is 0 Å². The third kappa shape index (κ3) is 34.8. The first kappa shape index (κ1) is 137. The maximum Gasteiger partial charge on any atom is 0.502 e. The van der Waals surface area contributed by atoms with Gasteiger partial charge >= 0.3 is 15.7 Å². The van der Waals surface area contributed by atoms with Gasteiger partial charge in [-0.05, 0) is 394 Å². The number of rotatable bonds is 48. The van der Waals surface area contributed by atoms with Crippen molar-refractivity contribution in [2.75, 3.05) is 351 Å². The Bertz CT molecular complexity index is 3990. The molecule has 4 aromatic rings. The predicted molar refractivity (Wildman–Crippen MR) is 589 cm³/mol. The van der Waals surface area contributed by atoms with Gasteiger partial charge in [-0.1, -0.05) is 137 Å². The molecule has 0 radical (unpaired) electrons. The van der Waals surface area contributed by atoms with E-state index in [4.69, 9.17) is 61.9 Å². The Morgan fingerprint density at radius 1 is 0.233 bits per heavy atom. The molecule has 133 heavy (non-hydrogen) atoms. The van der Waals surface area contributed by atoms with Crippen molar-refractivity contribution < 1.29 is 48.8 Å². The number of halogens is 2. The molecule has 37 nitrogen and oxygen atoms in total. The SMILES string of the molecule is CC.CC.CN(C)P(=N[P+](N=P(N(C)C)(N(C)C)N(C)C)(N=P(N(C)C)(N(C)C)N(C)C)N=P(N(C)C)(N(C)C)N(C)Cc1ccc(COCCO)cc1)(N(C)C)N(C)C.CN(C)P(=N[P+](N=P(N(C)C)(N(C)C)N(C)C)(N=P(N(C)C)(N(C)C)N(C)C)N=P(N(C)C)(N(C)C)N(C)Cc1ccc(COCCOCc2ccccc2)cc1)(N(C)C)N(C)C.ClCc1ccccc1.[I-].[OH-]. The largest absolute Gasteiger partial charge is 1.00 e. The van der Waals surface area contributed by atoms with E-state index in [-0.39, 0.29) is 36.1 Å². The van der Waals surface area contributed by atoms with Crippen LogP contribution in [0, 0.1) is 0 Å². The summed E-state index contributed by atoms with van der Waals surface area (Å²) in [5.74, 6) is 0.612. The lowest BCUT2D eigenvalue weighted by Crippen LogP contribution is -3.00. The van der Waals surface area contributed by atoms with Crippen LogP contribution in [0.3, 0.4) is 0 Å². The van der Waals surface area contributed by atoms with Crippen LogP contribution >= 0.6 is 87.4 Å². The Labute approximate surface area is 838 Å². The van der Waals surface area contributed by atoms with E-state index in [0.29, 0.717) is 58.6 Å². The number of alkyl halides is 1. The van der Waals surface area contributed by atoms with Crippen LogP contribution in [0.25, 0.3) is 0 Å². The average molecular weight is 2200 g/mol. The molecule has 0 saturated heterocycles. The van der Waals surface area contributed by atoms with Gasteiger partial charge < -0.3 is 48.8 Å². The summed E-state index contributed by atoms with van der Waals surface area (Å²) in [6.07, 6.45) is 0. The molecule has 0 aliphatic carbocycles. The van der Waals surface area contributed by atoms with Crippen molar-refractivity contribution in [3.63, 3.8) is 0 Å². The first-order chi connectivity index (χ1) is 60.7. The van der Waals surface area contributed by atoms with Gasteiger partial charge in [0.1, 0.15) is 0 Å². The maximum atomic E-state index is 9.19. The quantitative estimate of drug-likeness (QED) is 0.0187. The third-order valence-corrected chi connectivity index (χ3v) is 62.2. The molecule has 0 atom stereocenters. The lowest BCUT2D eigenvalue weighted by atomic mass is 10.1. The number of hydrogen-bond acceptors (Lipinski definition) is 13. The summed E-state index contributed by atoms with van der Waals surface area (Å²) in [6.45, 7) is 12.2. The Hall–Kier alpha value is -0.560. The second kappa shape index (κ2) is 63.0. The highest BCUT2D eigenvalue weighted by molar-refractivity contribution is 7.89. The summed E-state index contributed by atoms with van der Waals surface area (Å²) in [5, 5.41) is 9.19. The lowest BCUT2D eigenvalue weighted by molar-refractivity contribution is -0.0000329. The molecule has 0 heterocycles. The van der Waals surface area contributed by atoms with Crippen LogP contribution in [0.15, 0.2) is 145 Å². The molecule has 0 fully saturated rings. The molecule has 4 aromatic carbocycles. The van der Waals surface area contributed by atoms with Gasteiger partial charge in [0, 0.05) is 19.0 Å². The zero-order valence-electron chi connectivity index (χ0n) is 92.1. The molecule has 0 aliphatic heterocycles. The number of nitrogens with zero attached hydrogens (tertiary/aromatic N) is 32. The summed E-state index contributed by atoms with van der Waals surface area (Å²) < 4.78 is 122. The number of hydrogen-bond donors (Lipinski definition) is 1. The number of aliphatic hydroxyl groups is 1. The van der Waals surface area contributed by atoms with Crippen molar-refractivity contribution in [2.45, 2.75) is 66.5 Å². The van der Waals surface area contributed by atoms with Crippen LogP contribution < -0.4 is 24.0 Å². The molecule has 49 heteroatoms. The fourth-order valence-electron chi connectivity index (χ4n) is 15.9. The van der Waals surface area contributed by atoms with E-state index < -0.39 is 75.8 Å². The molecule has 4 rings (SSSR count). The van der Waals surface area contributed by atoms with E-state index in [0.717, 1.165) is 27.8 Å². The minimum atomic E-state index is -3.61. The van der Waals surface area contributed by atoms with Gasteiger partial charge in [-0.2, -0.15) is 0 Å². The van der Waals surface area contributed by atoms with Crippen molar-refractivity contribution in [3.8, 4) is 0 Å². The highest BCUT2D eigenvalue weighted by atomic mass is 127. The van der Waals surface area contributed by atoms with Gasteiger partial charge in [0.05, 0.1) is 46.2 Å². The fraction of sp³-hybridized carbons (Fsp3) is 0.714. The zero-order chi connectivity index (χ0) is 102. The molecule has 0 bridgehead atoms. The summed E-state index contributed by atoms with van der Waals surface area (Å²) in [7, 11) is 68.2. The van der Waals surface area contributed by atoms with Gasteiger partial charge in [0.25, 0.3) is 0 Å². The van der Waals surface area contributed by atoms with Crippen molar-refractivity contribution in [1.82, 2.24) is 112 Å². The second-order valence-corrected chi connectivity index (χ2v) is 70.7. The second-order valence-electron chi connectivity index (χ2n) is 35.0. The van der Waals surface area contributed by atoms with E-state index in [2.05, 4.69) is 497 Å². The van der Waals surface area contributed by atoms with E-state index in [1.807, 2.05) is 76.2 Å². The normalized spacial score (nSPS) is 13.2. The van der Waals surface area contributed by atoms with Gasteiger partial charge in [0.2, 0.25) is 60.1 Å². The molecule has 0 amide bonds.